The Morgan fingerprint density at radius 1 is 1.00 bits per heavy atom. The van der Waals surface area contributed by atoms with Gasteiger partial charge in [-0.15, -0.1) is 0 Å². The summed E-state index contributed by atoms with van der Waals surface area (Å²) < 4.78 is 17.7. The van der Waals surface area contributed by atoms with Gasteiger partial charge in [0.1, 0.15) is 0 Å². The lowest BCUT2D eigenvalue weighted by Crippen LogP contribution is -2.23. The lowest BCUT2D eigenvalue weighted by Gasteiger charge is -2.17. The Kier molecular flexibility index (Phi) is 5.77. The highest BCUT2D eigenvalue weighted by molar-refractivity contribution is 5.51. The average molecular weight is 435 g/mol. The van der Waals surface area contributed by atoms with Crippen molar-refractivity contribution in [2.75, 3.05) is 13.7 Å². The van der Waals surface area contributed by atoms with E-state index in [0.29, 0.717) is 51.9 Å². The Labute approximate surface area is 184 Å². The van der Waals surface area contributed by atoms with Gasteiger partial charge in [0.15, 0.2) is 11.5 Å². The van der Waals surface area contributed by atoms with Crippen LogP contribution in [0.1, 0.15) is 40.9 Å². The van der Waals surface area contributed by atoms with Crippen molar-refractivity contribution in [3.8, 4) is 17.2 Å². The second kappa shape index (κ2) is 8.66. The Bertz CT molecular complexity index is 1340. The van der Waals surface area contributed by atoms with Crippen LogP contribution in [0.3, 0.4) is 0 Å². The van der Waals surface area contributed by atoms with Crippen LogP contribution in [0.4, 0.5) is 0 Å². The lowest BCUT2D eigenvalue weighted by molar-refractivity contribution is 0.310. The van der Waals surface area contributed by atoms with E-state index in [2.05, 4.69) is 10.3 Å². The number of para-hydroxylation sites is 1. The molecule has 2 aromatic carbocycles. The van der Waals surface area contributed by atoms with Gasteiger partial charge in [-0.2, -0.15) is 0 Å². The Balaban J connectivity index is 1.97. The standard InChI is InChI=1S/C24H25N3O5/c1-5-31-18-12-11-16(13-19(18)30-4)22(21-15(3)26-32-24(21)29)20-14(2)25-27(23(20)28)17-9-7-6-8-10-17/h6-13,22,25-26H,5H2,1-4H3. The first-order valence-corrected chi connectivity index (χ1v) is 10.3. The first-order chi connectivity index (χ1) is 15.5. The molecule has 1 unspecified atom stereocenters. The average Bonchev–Trinajstić information content (AvgIpc) is 3.29. The van der Waals surface area contributed by atoms with Crippen molar-refractivity contribution >= 4 is 0 Å². The molecule has 4 aromatic rings. The second-order valence-corrected chi connectivity index (χ2v) is 7.43. The molecule has 0 bridgehead atoms. The maximum atomic E-state index is 13.6. The van der Waals surface area contributed by atoms with Crippen molar-refractivity contribution in [1.29, 1.82) is 0 Å². The molecule has 0 amide bonds. The molecule has 0 fully saturated rings. The van der Waals surface area contributed by atoms with Gasteiger partial charge in [-0.1, -0.05) is 24.3 Å². The van der Waals surface area contributed by atoms with Crippen molar-refractivity contribution in [3.63, 3.8) is 0 Å². The van der Waals surface area contributed by atoms with Gasteiger partial charge >= 0.3 is 5.63 Å². The van der Waals surface area contributed by atoms with Gasteiger partial charge in [0.2, 0.25) is 0 Å². The number of hydrogen-bond acceptors (Lipinski definition) is 5. The fourth-order valence-electron chi connectivity index (χ4n) is 3.99. The summed E-state index contributed by atoms with van der Waals surface area (Å²) in [5.41, 5.74) is 2.67. The summed E-state index contributed by atoms with van der Waals surface area (Å²) in [5.74, 6) is 0.433. The second-order valence-electron chi connectivity index (χ2n) is 7.43. The van der Waals surface area contributed by atoms with Crippen molar-refractivity contribution in [3.05, 3.63) is 97.4 Å². The summed E-state index contributed by atoms with van der Waals surface area (Å²) in [6.07, 6.45) is 0. The number of ether oxygens (including phenoxy) is 2. The summed E-state index contributed by atoms with van der Waals surface area (Å²) in [7, 11) is 1.55. The van der Waals surface area contributed by atoms with Gasteiger partial charge in [-0.25, -0.2) is 14.6 Å². The van der Waals surface area contributed by atoms with E-state index < -0.39 is 11.5 Å². The maximum Gasteiger partial charge on any atom is 0.361 e. The number of nitrogens with zero attached hydrogens (tertiary/aromatic N) is 1. The minimum Gasteiger partial charge on any atom is -0.493 e. The zero-order valence-corrected chi connectivity index (χ0v) is 18.4. The number of methoxy groups -OCH3 is 1. The fraction of sp³-hybridized carbons (Fsp3) is 0.250. The summed E-state index contributed by atoms with van der Waals surface area (Å²) in [6.45, 7) is 5.94. The Hall–Kier alpha value is -3.94. The third-order valence-corrected chi connectivity index (χ3v) is 5.45. The highest BCUT2D eigenvalue weighted by Crippen LogP contribution is 2.37. The molecule has 166 valence electrons. The smallest absolute Gasteiger partial charge is 0.361 e. The van der Waals surface area contributed by atoms with Crippen molar-refractivity contribution < 1.29 is 14.0 Å². The third kappa shape index (κ3) is 3.64. The Morgan fingerprint density at radius 3 is 2.38 bits per heavy atom. The van der Waals surface area contributed by atoms with Crippen LogP contribution in [-0.4, -0.2) is 28.7 Å². The highest BCUT2D eigenvalue weighted by Gasteiger charge is 2.31. The number of nitrogens with one attached hydrogen (secondary N) is 2. The first kappa shape index (κ1) is 21.3. The number of aryl methyl sites for hydroxylation is 2. The number of H-pyrrole nitrogens is 2. The zero-order valence-electron chi connectivity index (χ0n) is 18.4. The summed E-state index contributed by atoms with van der Waals surface area (Å²) in [5, 5.41) is 5.78. The maximum absolute atomic E-state index is 13.6. The van der Waals surface area contributed by atoms with E-state index in [4.69, 9.17) is 14.0 Å². The highest BCUT2D eigenvalue weighted by atomic mass is 16.5. The predicted octanol–water partition coefficient (Wildman–Crippen LogP) is 3.65. The van der Waals surface area contributed by atoms with E-state index in [1.54, 1.807) is 26.2 Å². The van der Waals surface area contributed by atoms with Gasteiger partial charge in [-0.05, 0) is 50.6 Å². The largest absolute Gasteiger partial charge is 0.493 e. The molecule has 8 nitrogen and oxygen atoms in total. The van der Waals surface area contributed by atoms with Crippen LogP contribution in [-0.2, 0) is 0 Å². The van der Waals surface area contributed by atoms with E-state index in [1.165, 1.54) is 4.68 Å². The predicted molar refractivity (Wildman–Crippen MR) is 120 cm³/mol. The topological polar surface area (TPSA) is 102 Å². The van der Waals surface area contributed by atoms with Gasteiger partial charge in [0.05, 0.1) is 42.1 Å². The molecule has 0 aliphatic heterocycles. The molecule has 2 N–H and O–H groups in total. The molecular formula is C24H25N3O5. The molecule has 0 radical (unpaired) electrons. The van der Waals surface area contributed by atoms with Gasteiger partial charge < -0.3 is 14.0 Å². The number of aromatic amines is 2. The zero-order chi connectivity index (χ0) is 22.8. The molecule has 8 heteroatoms. The van der Waals surface area contributed by atoms with E-state index >= 15 is 0 Å². The molecule has 0 saturated heterocycles. The van der Waals surface area contributed by atoms with Gasteiger partial charge in [-0.3, -0.25) is 9.89 Å². The molecule has 0 aliphatic carbocycles. The minimum atomic E-state index is -0.671. The lowest BCUT2D eigenvalue weighted by atomic mass is 9.85. The molecule has 0 aliphatic rings. The van der Waals surface area contributed by atoms with E-state index in [-0.39, 0.29) is 5.56 Å². The number of benzene rings is 2. The molecule has 2 heterocycles. The number of rotatable bonds is 7. The molecule has 2 aromatic heterocycles. The van der Waals surface area contributed by atoms with Crippen molar-refractivity contribution in [1.82, 2.24) is 14.9 Å². The van der Waals surface area contributed by atoms with Crippen LogP contribution < -0.4 is 20.7 Å². The van der Waals surface area contributed by atoms with Crippen LogP contribution in [0, 0.1) is 13.8 Å². The molecule has 0 saturated carbocycles. The van der Waals surface area contributed by atoms with Gasteiger partial charge in [0.25, 0.3) is 5.56 Å². The third-order valence-electron chi connectivity index (χ3n) is 5.45. The monoisotopic (exact) mass is 435 g/mol. The normalized spacial score (nSPS) is 12.0. The first-order valence-electron chi connectivity index (χ1n) is 10.3. The van der Waals surface area contributed by atoms with Crippen molar-refractivity contribution in [2.24, 2.45) is 0 Å². The van der Waals surface area contributed by atoms with Crippen LogP contribution in [0.5, 0.6) is 11.5 Å². The van der Waals surface area contributed by atoms with E-state index in [0.717, 1.165) is 0 Å². The van der Waals surface area contributed by atoms with Crippen LogP contribution in [0.25, 0.3) is 5.69 Å². The summed E-state index contributed by atoms with van der Waals surface area (Å²) >= 11 is 0. The molecule has 1 atom stereocenters. The molecular weight excluding hydrogens is 410 g/mol. The van der Waals surface area contributed by atoms with Crippen LogP contribution in [0.2, 0.25) is 0 Å². The van der Waals surface area contributed by atoms with E-state index in [9.17, 15) is 9.59 Å². The van der Waals surface area contributed by atoms with Crippen LogP contribution in [0.15, 0.2) is 62.6 Å². The number of aromatic nitrogens is 3. The number of hydrogen-bond donors (Lipinski definition) is 2. The minimum absolute atomic E-state index is 0.244. The molecule has 0 spiro atoms. The summed E-state index contributed by atoms with van der Waals surface area (Å²) in [6, 6.07) is 14.7. The van der Waals surface area contributed by atoms with Gasteiger partial charge in [0, 0.05) is 5.69 Å². The summed E-state index contributed by atoms with van der Waals surface area (Å²) in [4.78, 5) is 26.3. The molecule has 4 rings (SSSR count). The molecule has 32 heavy (non-hydrogen) atoms. The quantitative estimate of drug-likeness (QED) is 0.461. The van der Waals surface area contributed by atoms with Crippen LogP contribution >= 0.6 is 0 Å². The Morgan fingerprint density at radius 2 is 1.75 bits per heavy atom. The van der Waals surface area contributed by atoms with E-state index in [1.807, 2.05) is 50.2 Å². The SMILES string of the molecule is CCOc1ccc(C(c2c(C)[nH]oc2=O)c2c(C)[nH]n(-c3ccccc3)c2=O)cc1OC. The fourth-order valence-corrected chi connectivity index (χ4v) is 3.99. The van der Waals surface area contributed by atoms with Crippen molar-refractivity contribution in [2.45, 2.75) is 26.7 Å².